The molecule has 0 radical (unpaired) electrons. The van der Waals surface area contributed by atoms with Crippen LogP contribution in [0, 0.1) is 16.7 Å². The minimum Gasteiger partial charge on any atom is -0.390 e. The topological polar surface area (TPSA) is 40.5 Å². The Morgan fingerprint density at radius 2 is 1.62 bits per heavy atom. The van der Waals surface area contributed by atoms with Gasteiger partial charge in [-0.05, 0) is 49.4 Å². The van der Waals surface area contributed by atoms with Gasteiger partial charge in [0.15, 0.2) is 0 Å². The highest BCUT2D eigenvalue weighted by Crippen LogP contribution is 2.59. The van der Waals surface area contributed by atoms with E-state index in [0.717, 1.165) is 19.3 Å². The molecule has 2 saturated carbocycles. The third-order valence-electron chi connectivity index (χ3n) is 5.43. The molecule has 2 heteroatoms. The van der Waals surface area contributed by atoms with E-state index in [0.29, 0.717) is 11.3 Å². The van der Waals surface area contributed by atoms with Crippen molar-refractivity contribution in [2.24, 2.45) is 16.7 Å². The van der Waals surface area contributed by atoms with E-state index >= 15 is 0 Å². The Kier molecular flexibility index (Phi) is 2.67. The molecule has 94 valence electrons. The molecule has 2 aliphatic rings. The van der Waals surface area contributed by atoms with Crippen molar-refractivity contribution in [3.63, 3.8) is 0 Å². The third-order valence-corrected chi connectivity index (χ3v) is 5.43. The quantitative estimate of drug-likeness (QED) is 0.667. The molecular weight excluding hydrogens is 200 g/mol. The third kappa shape index (κ3) is 1.62. The molecule has 0 amide bonds. The standard InChI is InChI=1S/C14H26O2/c1-12(2)7-5-8-13(3)10(12)6-9-14(4,16)11(13)15/h10-11,15-16H,5-9H2,1-4H3/t10-,11+,13-,14+/m0/s1. The molecule has 0 bridgehead atoms. The Bertz CT molecular complexity index is 282. The normalized spacial score (nSPS) is 52.1. The molecule has 0 aromatic carbocycles. The molecule has 2 aliphatic carbocycles. The van der Waals surface area contributed by atoms with E-state index in [1.807, 2.05) is 0 Å². The van der Waals surface area contributed by atoms with Gasteiger partial charge >= 0.3 is 0 Å². The van der Waals surface area contributed by atoms with Gasteiger partial charge in [0.25, 0.3) is 0 Å². The molecule has 4 atom stereocenters. The summed E-state index contributed by atoms with van der Waals surface area (Å²) in [5, 5.41) is 20.7. The zero-order valence-electron chi connectivity index (χ0n) is 11.1. The molecule has 0 heterocycles. The summed E-state index contributed by atoms with van der Waals surface area (Å²) in [4.78, 5) is 0. The second kappa shape index (κ2) is 3.46. The minimum absolute atomic E-state index is 0.0937. The first kappa shape index (κ1) is 12.4. The van der Waals surface area contributed by atoms with Gasteiger partial charge in [-0.1, -0.05) is 27.2 Å². The van der Waals surface area contributed by atoms with E-state index in [1.54, 1.807) is 6.92 Å². The smallest absolute Gasteiger partial charge is 0.0883 e. The second-order valence-electron chi connectivity index (χ2n) is 7.20. The van der Waals surface area contributed by atoms with Crippen LogP contribution in [0.15, 0.2) is 0 Å². The van der Waals surface area contributed by atoms with Gasteiger partial charge in [-0.2, -0.15) is 0 Å². The van der Waals surface area contributed by atoms with Crippen LogP contribution < -0.4 is 0 Å². The predicted octanol–water partition coefficient (Wildman–Crippen LogP) is 2.72. The fourth-order valence-electron chi connectivity index (χ4n) is 4.50. The predicted molar refractivity (Wildman–Crippen MR) is 65.1 cm³/mol. The first-order chi connectivity index (χ1) is 7.20. The zero-order chi connectivity index (χ0) is 12.2. The maximum atomic E-state index is 10.5. The van der Waals surface area contributed by atoms with Crippen LogP contribution in [-0.2, 0) is 0 Å². The van der Waals surface area contributed by atoms with Gasteiger partial charge in [-0.15, -0.1) is 0 Å². The number of aliphatic hydroxyl groups excluding tert-OH is 1. The number of hydrogen-bond acceptors (Lipinski definition) is 2. The largest absolute Gasteiger partial charge is 0.390 e. The fourth-order valence-corrected chi connectivity index (χ4v) is 4.50. The highest BCUT2D eigenvalue weighted by Gasteiger charge is 2.57. The van der Waals surface area contributed by atoms with Gasteiger partial charge in [-0.25, -0.2) is 0 Å². The Balaban J connectivity index is 2.34. The average molecular weight is 226 g/mol. The highest BCUT2D eigenvalue weighted by atomic mass is 16.3. The summed E-state index contributed by atoms with van der Waals surface area (Å²) < 4.78 is 0. The van der Waals surface area contributed by atoms with Crippen LogP contribution in [0.1, 0.15) is 59.8 Å². The lowest BCUT2D eigenvalue weighted by atomic mass is 9.48. The van der Waals surface area contributed by atoms with Crippen LogP contribution in [0.4, 0.5) is 0 Å². The van der Waals surface area contributed by atoms with Crippen LogP contribution in [0.5, 0.6) is 0 Å². The van der Waals surface area contributed by atoms with Gasteiger partial charge in [0.2, 0.25) is 0 Å². The molecule has 2 nitrogen and oxygen atoms in total. The molecule has 16 heavy (non-hydrogen) atoms. The summed E-state index contributed by atoms with van der Waals surface area (Å²) in [6.45, 7) is 8.61. The lowest BCUT2D eigenvalue weighted by molar-refractivity contribution is -0.203. The van der Waals surface area contributed by atoms with Gasteiger partial charge < -0.3 is 10.2 Å². The Morgan fingerprint density at radius 1 is 1.00 bits per heavy atom. The van der Waals surface area contributed by atoms with E-state index in [2.05, 4.69) is 20.8 Å². The molecule has 2 rings (SSSR count). The van der Waals surface area contributed by atoms with Crippen LogP contribution in [0.25, 0.3) is 0 Å². The van der Waals surface area contributed by atoms with E-state index in [4.69, 9.17) is 0 Å². The summed E-state index contributed by atoms with van der Waals surface area (Å²) in [6, 6.07) is 0. The van der Waals surface area contributed by atoms with Gasteiger partial charge in [0.1, 0.15) is 0 Å². The van der Waals surface area contributed by atoms with Crippen molar-refractivity contribution in [1.29, 1.82) is 0 Å². The van der Waals surface area contributed by atoms with Crippen molar-refractivity contribution >= 4 is 0 Å². The van der Waals surface area contributed by atoms with E-state index in [9.17, 15) is 10.2 Å². The first-order valence-electron chi connectivity index (χ1n) is 6.61. The number of hydrogen-bond donors (Lipinski definition) is 2. The van der Waals surface area contributed by atoms with E-state index in [-0.39, 0.29) is 5.41 Å². The molecule has 0 spiro atoms. The van der Waals surface area contributed by atoms with Crippen molar-refractivity contribution in [2.45, 2.75) is 71.5 Å². The van der Waals surface area contributed by atoms with Crippen LogP contribution >= 0.6 is 0 Å². The van der Waals surface area contributed by atoms with E-state index < -0.39 is 11.7 Å². The van der Waals surface area contributed by atoms with Crippen LogP contribution in [-0.4, -0.2) is 21.9 Å². The van der Waals surface area contributed by atoms with Gasteiger partial charge in [0.05, 0.1) is 11.7 Å². The molecule has 2 fully saturated rings. The van der Waals surface area contributed by atoms with Crippen LogP contribution in [0.3, 0.4) is 0 Å². The SMILES string of the molecule is CC1(C)CCC[C@]2(C)[C@@H](O)[C@](C)(O)CC[C@@H]12. The summed E-state index contributed by atoms with van der Waals surface area (Å²) >= 11 is 0. The van der Waals surface area contributed by atoms with Gasteiger partial charge in [0, 0.05) is 0 Å². The summed E-state index contributed by atoms with van der Waals surface area (Å²) in [6.07, 6.45) is 4.69. The average Bonchev–Trinajstić information content (AvgIpc) is 2.12. The van der Waals surface area contributed by atoms with Crippen molar-refractivity contribution in [3.8, 4) is 0 Å². The van der Waals surface area contributed by atoms with Crippen molar-refractivity contribution < 1.29 is 10.2 Å². The molecular formula is C14H26O2. The number of rotatable bonds is 0. The maximum absolute atomic E-state index is 10.5. The lowest BCUT2D eigenvalue weighted by Crippen LogP contribution is -2.60. The minimum atomic E-state index is -0.890. The monoisotopic (exact) mass is 226 g/mol. The van der Waals surface area contributed by atoms with Crippen LogP contribution in [0.2, 0.25) is 0 Å². The summed E-state index contributed by atoms with van der Waals surface area (Å²) in [7, 11) is 0. The van der Waals surface area contributed by atoms with Crippen molar-refractivity contribution in [2.75, 3.05) is 0 Å². The fraction of sp³-hybridized carbons (Fsp3) is 1.00. The zero-order valence-corrected chi connectivity index (χ0v) is 11.1. The number of fused-ring (bicyclic) bond motifs is 1. The molecule has 0 unspecified atom stereocenters. The molecule has 0 aromatic heterocycles. The Labute approximate surface area is 99.1 Å². The van der Waals surface area contributed by atoms with Crippen molar-refractivity contribution in [3.05, 3.63) is 0 Å². The maximum Gasteiger partial charge on any atom is 0.0883 e. The second-order valence-corrected chi connectivity index (χ2v) is 7.20. The van der Waals surface area contributed by atoms with E-state index in [1.165, 1.54) is 12.8 Å². The molecule has 2 N–H and O–H groups in total. The Hall–Kier alpha value is -0.0800. The Morgan fingerprint density at radius 3 is 2.25 bits per heavy atom. The van der Waals surface area contributed by atoms with Crippen molar-refractivity contribution in [1.82, 2.24) is 0 Å². The molecule has 0 aromatic rings. The highest BCUT2D eigenvalue weighted by molar-refractivity contribution is 5.07. The lowest BCUT2D eigenvalue weighted by Gasteiger charge is -2.59. The first-order valence-corrected chi connectivity index (χ1v) is 6.61. The molecule has 0 aliphatic heterocycles. The summed E-state index contributed by atoms with van der Waals surface area (Å²) in [5.74, 6) is 0.545. The molecule has 0 saturated heterocycles. The summed E-state index contributed by atoms with van der Waals surface area (Å²) in [5.41, 5.74) is -0.674. The number of aliphatic hydroxyl groups is 2. The van der Waals surface area contributed by atoms with Gasteiger partial charge in [-0.3, -0.25) is 0 Å².